The first-order chi connectivity index (χ1) is 22.6. The third-order valence-corrected chi connectivity index (χ3v) is 10.3. The highest BCUT2D eigenvalue weighted by molar-refractivity contribution is 7.32. The van der Waals surface area contributed by atoms with E-state index in [-0.39, 0.29) is 0 Å². The van der Waals surface area contributed by atoms with Crippen LogP contribution in [0.25, 0.3) is 0 Å². The average Bonchev–Trinajstić information content (AvgIpc) is 3.06. The molecule has 0 aliphatic rings. The molecule has 0 aromatic heterocycles. The van der Waals surface area contributed by atoms with Crippen LogP contribution in [0, 0.1) is 0 Å². The Kier molecular flexibility index (Phi) is 23.3. The fraction of sp³-hybridized carbons (Fsp3) is 0.714. The second-order valence-corrected chi connectivity index (χ2v) is 14.4. The molecule has 3 nitrogen and oxygen atoms in total. The second kappa shape index (κ2) is 26.4. The molecule has 0 bridgehead atoms. The standard InChI is InChI=1S/C42H69O3P/c1-4-7-10-13-16-17-20-23-30-37-42(45-46(43)44,40-35-28-26-33-38(40)31-24-21-18-14-11-8-5-2)41-36-29-27-34-39(41)32-25-22-19-15-12-9-6-3/h26-29,33-36H,4-25,30-32,37H2,1-3H3/p+1. The summed E-state index contributed by atoms with van der Waals surface area (Å²) in [6.45, 7) is 6.81. The third kappa shape index (κ3) is 16.0. The number of rotatable bonds is 30. The van der Waals surface area contributed by atoms with E-state index in [1.54, 1.807) is 0 Å². The lowest BCUT2D eigenvalue weighted by atomic mass is 9.76. The van der Waals surface area contributed by atoms with Gasteiger partial charge >= 0.3 is 8.25 Å². The quantitative estimate of drug-likeness (QED) is 0.0674. The SMILES string of the molecule is CCCCCCCCCCCC(O[P+](=O)O)(c1ccccc1CCCCCCCCC)c1ccccc1CCCCCCCCC. The lowest BCUT2D eigenvalue weighted by molar-refractivity contribution is 0.0893. The molecule has 0 heterocycles. The monoisotopic (exact) mass is 654 g/mol. The van der Waals surface area contributed by atoms with E-state index in [0.717, 1.165) is 56.1 Å². The molecule has 0 radical (unpaired) electrons. The minimum atomic E-state index is -2.80. The molecule has 0 saturated heterocycles. The van der Waals surface area contributed by atoms with Crippen LogP contribution in [0.5, 0.6) is 0 Å². The molecule has 2 aromatic carbocycles. The number of aryl methyl sites for hydroxylation is 2. The van der Waals surface area contributed by atoms with E-state index in [1.165, 1.54) is 133 Å². The summed E-state index contributed by atoms with van der Waals surface area (Å²) in [7, 11) is -2.80. The van der Waals surface area contributed by atoms with Gasteiger partial charge in [0.05, 0.1) is 0 Å². The van der Waals surface area contributed by atoms with E-state index < -0.39 is 13.9 Å². The normalized spacial score (nSPS) is 12.1. The first kappa shape index (κ1) is 40.6. The van der Waals surface area contributed by atoms with Crippen molar-refractivity contribution in [2.24, 2.45) is 0 Å². The molecule has 46 heavy (non-hydrogen) atoms. The fourth-order valence-corrected chi connectivity index (χ4v) is 7.74. The largest absolute Gasteiger partial charge is 0.695 e. The molecule has 4 heteroatoms. The van der Waals surface area contributed by atoms with Gasteiger partial charge in [0.15, 0.2) is 5.60 Å². The molecule has 1 N–H and O–H groups in total. The van der Waals surface area contributed by atoms with Crippen LogP contribution < -0.4 is 0 Å². The van der Waals surface area contributed by atoms with Crippen LogP contribution in [0.1, 0.15) is 197 Å². The average molecular weight is 654 g/mol. The highest BCUT2D eigenvalue weighted by Gasteiger charge is 2.45. The molecule has 1 unspecified atom stereocenters. The topological polar surface area (TPSA) is 46.5 Å². The van der Waals surface area contributed by atoms with Gasteiger partial charge in [0, 0.05) is 4.57 Å². The van der Waals surface area contributed by atoms with Gasteiger partial charge in [-0.1, -0.05) is 198 Å². The minimum Gasteiger partial charge on any atom is -0.133 e. The van der Waals surface area contributed by atoms with Crippen molar-refractivity contribution in [1.29, 1.82) is 0 Å². The Morgan fingerprint density at radius 1 is 0.500 bits per heavy atom. The van der Waals surface area contributed by atoms with Gasteiger partial charge in [0.25, 0.3) is 0 Å². The maximum atomic E-state index is 12.7. The van der Waals surface area contributed by atoms with Crippen LogP contribution in [0.4, 0.5) is 0 Å². The van der Waals surface area contributed by atoms with Crippen LogP contribution in [-0.2, 0) is 27.5 Å². The molecule has 2 rings (SSSR count). The van der Waals surface area contributed by atoms with Crippen molar-refractivity contribution < 1.29 is 14.0 Å². The van der Waals surface area contributed by atoms with E-state index in [1.807, 2.05) is 0 Å². The van der Waals surface area contributed by atoms with E-state index in [4.69, 9.17) is 4.52 Å². The van der Waals surface area contributed by atoms with E-state index in [0.29, 0.717) is 0 Å². The molecule has 0 spiro atoms. The molecule has 0 amide bonds. The van der Waals surface area contributed by atoms with Crippen molar-refractivity contribution in [2.45, 2.75) is 193 Å². The molecule has 2 aromatic rings. The van der Waals surface area contributed by atoms with Crippen molar-refractivity contribution >= 4 is 8.25 Å². The number of unbranched alkanes of at least 4 members (excludes halogenated alkanes) is 20. The predicted molar refractivity (Wildman–Crippen MR) is 200 cm³/mol. The Labute approximate surface area is 285 Å². The Morgan fingerprint density at radius 2 is 0.826 bits per heavy atom. The zero-order valence-electron chi connectivity index (χ0n) is 30.2. The molecular weight excluding hydrogens is 583 g/mol. The van der Waals surface area contributed by atoms with Gasteiger partial charge in [0.1, 0.15) is 0 Å². The van der Waals surface area contributed by atoms with E-state index >= 15 is 0 Å². The van der Waals surface area contributed by atoms with Gasteiger partial charge in [0.2, 0.25) is 0 Å². The molecule has 0 aliphatic heterocycles. The Hall–Kier alpha value is -1.54. The Bertz CT molecular complexity index is 974. The fourth-order valence-electron chi connectivity index (χ4n) is 7.19. The molecule has 0 saturated carbocycles. The molecule has 0 fully saturated rings. The summed E-state index contributed by atoms with van der Waals surface area (Å²) >= 11 is 0. The maximum absolute atomic E-state index is 12.7. The van der Waals surface area contributed by atoms with Crippen molar-refractivity contribution in [1.82, 2.24) is 0 Å². The third-order valence-electron chi connectivity index (χ3n) is 9.87. The van der Waals surface area contributed by atoms with Gasteiger partial charge in [-0.25, -0.2) is 0 Å². The van der Waals surface area contributed by atoms with E-state index in [9.17, 15) is 9.46 Å². The summed E-state index contributed by atoms with van der Waals surface area (Å²) < 4.78 is 19.1. The lowest BCUT2D eigenvalue weighted by Crippen LogP contribution is -2.32. The Morgan fingerprint density at radius 3 is 1.20 bits per heavy atom. The van der Waals surface area contributed by atoms with E-state index in [2.05, 4.69) is 69.3 Å². The lowest BCUT2D eigenvalue weighted by Gasteiger charge is -2.33. The van der Waals surface area contributed by atoms with Crippen LogP contribution in [-0.4, -0.2) is 4.89 Å². The summed E-state index contributed by atoms with van der Waals surface area (Å²) in [4.78, 5) is 10.5. The zero-order valence-corrected chi connectivity index (χ0v) is 31.1. The van der Waals surface area contributed by atoms with Gasteiger partial charge in [-0.15, -0.1) is 9.42 Å². The smallest absolute Gasteiger partial charge is 0.133 e. The number of hydrogen-bond donors (Lipinski definition) is 1. The molecular formula is C42H70O3P+. The summed E-state index contributed by atoms with van der Waals surface area (Å²) in [5.74, 6) is 0. The van der Waals surface area contributed by atoms with Crippen LogP contribution in [0.3, 0.4) is 0 Å². The van der Waals surface area contributed by atoms with Crippen molar-refractivity contribution in [3.8, 4) is 0 Å². The van der Waals surface area contributed by atoms with Gasteiger partial charge in [-0.05, 0) is 60.8 Å². The summed E-state index contributed by atoms with van der Waals surface area (Å²) in [5, 5.41) is 0. The van der Waals surface area contributed by atoms with Gasteiger partial charge < -0.3 is 0 Å². The zero-order chi connectivity index (χ0) is 33.1. The first-order valence-corrected chi connectivity index (χ1v) is 20.7. The Balaban J connectivity index is 2.30. The second-order valence-electron chi connectivity index (χ2n) is 13.8. The summed E-state index contributed by atoms with van der Waals surface area (Å²) in [6.07, 6.45) is 31.8. The highest BCUT2D eigenvalue weighted by Crippen LogP contribution is 2.47. The molecule has 1 atom stereocenters. The highest BCUT2D eigenvalue weighted by atomic mass is 31.1. The van der Waals surface area contributed by atoms with Crippen LogP contribution >= 0.6 is 8.25 Å². The van der Waals surface area contributed by atoms with Gasteiger partial charge in [-0.2, -0.15) is 0 Å². The predicted octanol–water partition coefficient (Wildman–Crippen LogP) is 14.1. The summed E-state index contributed by atoms with van der Waals surface area (Å²) in [5.41, 5.74) is 3.83. The van der Waals surface area contributed by atoms with Crippen LogP contribution in [0.2, 0.25) is 0 Å². The first-order valence-electron chi connectivity index (χ1n) is 19.6. The van der Waals surface area contributed by atoms with Crippen molar-refractivity contribution in [3.05, 3.63) is 70.8 Å². The van der Waals surface area contributed by atoms with Crippen molar-refractivity contribution in [3.63, 3.8) is 0 Å². The summed E-state index contributed by atoms with van der Waals surface area (Å²) in [6, 6.07) is 17.3. The minimum absolute atomic E-state index is 0.729. The molecule has 260 valence electrons. The molecule has 0 aliphatic carbocycles. The maximum Gasteiger partial charge on any atom is 0.695 e. The number of hydrogen-bond acceptors (Lipinski definition) is 2. The van der Waals surface area contributed by atoms with Crippen molar-refractivity contribution in [2.75, 3.05) is 0 Å². The van der Waals surface area contributed by atoms with Crippen LogP contribution in [0.15, 0.2) is 48.5 Å². The number of benzene rings is 2. The van der Waals surface area contributed by atoms with Gasteiger partial charge in [-0.3, -0.25) is 0 Å².